The zero-order valence-corrected chi connectivity index (χ0v) is 13.4. The normalized spacial score (nSPS) is 19.3. The van der Waals surface area contributed by atoms with Crippen molar-refractivity contribution >= 4 is 16.0 Å². The molecule has 0 aromatic heterocycles. The van der Waals surface area contributed by atoms with E-state index in [0.29, 0.717) is 5.56 Å². The van der Waals surface area contributed by atoms with Crippen LogP contribution in [0.5, 0.6) is 0 Å². The molecule has 1 heterocycles. The SMILES string of the molecule is N#Cc1ccc(S(=O)(=O)N2C[C@H]2C(=O)OCc2ccccc2)cc1. The molecule has 2 aromatic carbocycles. The summed E-state index contributed by atoms with van der Waals surface area (Å²) in [5.74, 6) is -0.559. The molecule has 0 spiro atoms. The van der Waals surface area contributed by atoms with Crippen LogP contribution in [0.2, 0.25) is 0 Å². The minimum Gasteiger partial charge on any atom is -0.460 e. The van der Waals surface area contributed by atoms with Gasteiger partial charge in [-0.2, -0.15) is 9.57 Å². The fraction of sp³-hybridized carbons (Fsp3) is 0.176. The van der Waals surface area contributed by atoms with Crippen molar-refractivity contribution in [2.75, 3.05) is 6.54 Å². The topological polar surface area (TPSA) is 87.2 Å². The number of benzene rings is 2. The first-order chi connectivity index (χ1) is 11.5. The van der Waals surface area contributed by atoms with Crippen LogP contribution in [0.1, 0.15) is 11.1 Å². The molecule has 7 heteroatoms. The summed E-state index contributed by atoms with van der Waals surface area (Å²) in [5, 5.41) is 8.75. The Hall–Kier alpha value is -2.69. The van der Waals surface area contributed by atoms with Gasteiger partial charge in [0, 0.05) is 6.54 Å². The Morgan fingerprint density at radius 1 is 1.17 bits per heavy atom. The Morgan fingerprint density at radius 3 is 2.46 bits per heavy atom. The highest BCUT2D eigenvalue weighted by molar-refractivity contribution is 7.89. The predicted octanol–water partition coefficient (Wildman–Crippen LogP) is 1.67. The summed E-state index contributed by atoms with van der Waals surface area (Å²) >= 11 is 0. The van der Waals surface area contributed by atoms with Gasteiger partial charge in [0.05, 0.1) is 16.5 Å². The maximum atomic E-state index is 12.4. The van der Waals surface area contributed by atoms with Crippen LogP contribution in [-0.2, 0) is 26.2 Å². The number of carbonyl (C=O) groups excluding carboxylic acids is 1. The summed E-state index contributed by atoms with van der Waals surface area (Å²) in [7, 11) is -3.74. The van der Waals surface area contributed by atoms with Crippen LogP contribution in [0.25, 0.3) is 0 Å². The van der Waals surface area contributed by atoms with Crippen molar-refractivity contribution in [1.82, 2.24) is 4.31 Å². The van der Waals surface area contributed by atoms with Gasteiger partial charge in [-0.15, -0.1) is 0 Å². The number of esters is 1. The van der Waals surface area contributed by atoms with Gasteiger partial charge in [0.2, 0.25) is 10.0 Å². The van der Waals surface area contributed by atoms with Gasteiger partial charge in [0.1, 0.15) is 12.6 Å². The van der Waals surface area contributed by atoms with Gasteiger partial charge in [-0.1, -0.05) is 30.3 Å². The Balaban J connectivity index is 1.63. The highest BCUT2D eigenvalue weighted by Gasteiger charge is 2.50. The van der Waals surface area contributed by atoms with E-state index < -0.39 is 22.0 Å². The van der Waals surface area contributed by atoms with Crippen LogP contribution in [0.3, 0.4) is 0 Å². The lowest BCUT2D eigenvalue weighted by atomic mass is 10.2. The largest absolute Gasteiger partial charge is 0.460 e. The predicted molar refractivity (Wildman–Crippen MR) is 85.1 cm³/mol. The Labute approximate surface area is 139 Å². The first-order valence-electron chi connectivity index (χ1n) is 7.25. The summed E-state index contributed by atoms with van der Waals surface area (Å²) in [6.07, 6.45) is 0. The van der Waals surface area contributed by atoms with E-state index in [2.05, 4.69) is 0 Å². The molecule has 2 aromatic rings. The molecule has 3 rings (SSSR count). The van der Waals surface area contributed by atoms with E-state index in [4.69, 9.17) is 10.00 Å². The second-order valence-corrected chi connectivity index (χ2v) is 7.21. The summed E-state index contributed by atoms with van der Waals surface area (Å²) in [5.41, 5.74) is 1.21. The highest BCUT2D eigenvalue weighted by atomic mass is 32.2. The van der Waals surface area contributed by atoms with Crippen molar-refractivity contribution in [3.8, 4) is 6.07 Å². The van der Waals surface area contributed by atoms with Crippen molar-refractivity contribution in [2.24, 2.45) is 0 Å². The number of hydrogen-bond donors (Lipinski definition) is 0. The van der Waals surface area contributed by atoms with Crippen molar-refractivity contribution in [1.29, 1.82) is 5.26 Å². The van der Waals surface area contributed by atoms with Gasteiger partial charge >= 0.3 is 5.97 Å². The lowest BCUT2D eigenvalue weighted by Gasteiger charge is -2.07. The molecule has 0 N–H and O–H groups in total. The molecule has 0 radical (unpaired) electrons. The van der Waals surface area contributed by atoms with Crippen molar-refractivity contribution < 1.29 is 17.9 Å². The standard InChI is InChI=1S/C17H14N2O4S/c18-10-13-6-8-15(9-7-13)24(21,22)19-11-16(19)17(20)23-12-14-4-2-1-3-5-14/h1-9,16H,11-12H2/t16-,19?/m0/s1. The van der Waals surface area contributed by atoms with E-state index in [1.807, 2.05) is 36.4 Å². The van der Waals surface area contributed by atoms with Crippen LogP contribution < -0.4 is 0 Å². The average molecular weight is 342 g/mol. The van der Waals surface area contributed by atoms with Crippen molar-refractivity contribution in [3.63, 3.8) is 0 Å². The lowest BCUT2D eigenvalue weighted by Crippen LogP contribution is -2.21. The zero-order valence-electron chi connectivity index (χ0n) is 12.6. The van der Waals surface area contributed by atoms with E-state index in [9.17, 15) is 13.2 Å². The lowest BCUT2D eigenvalue weighted by molar-refractivity contribution is -0.144. The van der Waals surface area contributed by atoms with Gasteiger partial charge < -0.3 is 4.74 Å². The molecule has 6 nitrogen and oxygen atoms in total. The molecule has 1 aliphatic rings. The molecule has 1 unspecified atom stereocenters. The molecule has 1 fully saturated rings. The number of sulfonamides is 1. The monoisotopic (exact) mass is 342 g/mol. The minimum atomic E-state index is -3.74. The molecule has 0 bridgehead atoms. The van der Waals surface area contributed by atoms with Gasteiger partial charge in [-0.25, -0.2) is 8.42 Å². The van der Waals surface area contributed by atoms with Crippen molar-refractivity contribution in [3.05, 3.63) is 65.7 Å². The molecule has 0 saturated carbocycles. The molecule has 0 amide bonds. The second kappa shape index (κ2) is 6.43. The third kappa shape index (κ3) is 3.30. The number of carbonyl (C=O) groups is 1. The number of ether oxygens (including phenoxy) is 1. The Bertz CT molecular complexity index is 886. The quantitative estimate of drug-likeness (QED) is 0.609. The fourth-order valence-electron chi connectivity index (χ4n) is 2.24. The maximum Gasteiger partial charge on any atom is 0.326 e. The second-order valence-electron chi connectivity index (χ2n) is 5.32. The third-order valence-electron chi connectivity index (χ3n) is 3.65. The fourth-order valence-corrected chi connectivity index (χ4v) is 3.75. The summed E-state index contributed by atoms with van der Waals surface area (Å²) in [4.78, 5) is 12.1. The van der Waals surface area contributed by atoms with Gasteiger partial charge in [0.15, 0.2) is 0 Å². The molecule has 2 atom stereocenters. The Kier molecular flexibility index (Phi) is 4.34. The van der Waals surface area contributed by atoms with Gasteiger partial charge in [-0.3, -0.25) is 4.79 Å². The summed E-state index contributed by atoms with van der Waals surface area (Å²) in [6.45, 7) is 0.219. The summed E-state index contributed by atoms with van der Waals surface area (Å²) < 4.78 is 31.1. The number of rotatable bonds is 5. The minimum absolute atomic E-state index is 0.0554. The average Bonchev–Trinajstić information content (AvgIpc) is 3.42. The summed E-state index contributed by atoms with van der Waals surface area (Å²) in [6, 6.07) is 15.9. The molecular weight excluding hydrogens is 328 g/mol. The maximum absolute atomic E-state index is 12.4. The van der Waals surface area contributed by atoms with Crippen LogP contribution in [0, 0.1) is 11.3 Å². The first-order valence-corrected chi connectivity index (χ1v) is 8.69. The van der Waals surface area contributed by atoms with Crippen LogP contribution in [0.4, 0.5) is 0 Å². The third-order valence-corrected chi connectivity index (χ3v) is 5.54. The molecule has 122 valence electrons. The van der Waals surface area contributed by atoms with E-state index in [-0.39, 0.29) is 18.0 Å². The van der Waals surface area contributed by atoms with Gasteiger partial charge in [-0.05, 0) is 29.8 Å². The van der Waals surface area contributed by atoms with E-state index in [1.165, 1.54) is 24.3 Å². The number of hydrogen-bond acceptors (Lipinski definition) is 5. The molecular formula is C17H14N2O4S. The van der Waals surface area contributed by atoms with E-state index >= 15 is 0 Å². The molecule has 0 aliphatic carbocycles. The van der Waals surface area contributed by atoms with Crippen molar-refractivity contribution in [2.45, 2.75) is 17.5 Å². The molecule has 1 aliphatic heterocycles. The number of nitrogens with zero attached hydrogens (tertiary/aromatic N) is 2. The van der Waals surface area contributed by atoms with Gasteiger partial charge in [0.25, 0.3) is 0 Å². The van der Waals surface area contributed by atoms with E-state index in [1.54, 1.807) is 0 Å². The van der Waals surface area contributed by atoms with Crippen LogP contribution in [-0.4, -0.2) is 31.3 Å². The molecule has 1 saturated heterocycles. The van der Waals surface area contributed by atoms with E-state index in [0.717, 1.165) is 9.87 Å². The Morgan fingerprint density at radius 2 is 1.83 bits per heavy atom. The number of nitriles is 1. The first kappa shape index (κ1) is 16.2. The zero-order chi connectivity index (χ0) is 17.2. The highest BCUT2D eigenvalue weighted by Crippen LogP contribution is 2.29. The van der Waals surface area contributed by atoms with Crippen LogP contribution >= 0.6 is 0 Å². The van der Waals surface area contributed by atoms with Crippen LogP contribution in [0.15, 0.2) is 59.5 Å². The smallest absolute Gasteiger partial charge is 0.326 e. The molecule has 24 heavy (non-hydrogen) atoms.